The molecule has 7 heteroatoms. The van der Waals surface area contributed by atoms with Crippen molar-refractivity contribution in [3.05, 3.63) is 36.0 Å². The summed E-state index contributed by atoms with van der Waals surface area (Å²) in [4.78, 5) is 4.15. The van der Waals surface area contributed by atoms with Crippen LogP contribution in [0.15, 0.2) is 24.5 Å². The van der Waals surface area contributed by atoms with E-state index in [1.807, 2.05) is 0 Å². The smallest absolute Gasteiger partial charge is 0.311 e. The SMILES string of the molecule is Fc1cccn2cc(CNCC3CC(C(F)(F)F)C3)nc12. The van der Waals surface area contributed by atoms with E-state index >= 15 is 0 Å². The Labute approximate surface area is 119 Å². The van der Waals surface area contributed by atoms with Crippen molar-refractivity contribution in [2.75, 3.05) is 6.54 Å². The number of pyridine rings is 1. The van der Waals surface area contributed by atoms with Crippen molar-refractivity contribution in [2.24, 2.45) is 11.8 Å². The lowest BCUT2D eigenvalue weighted by Crippen LogP contribution is -2.40. The summed E-state index contributed by atoms with van der Waals surface area (Å²) in [6.45, 7) is 0.956. The largest absolute Gasteiger partial charge is 0.391 e. The minimum atomic E-state index is -4.06. The van der Waals surface area contributed by atoms with E-state index in [1.165, 1.54) is 6.07 Å². The maximum Gasteiger partial charge on any atom is 0.391 e. The highest BCUT2D eigenvalue weighted by molar-refractivity contribution is 5.41. The average Bonchev–Trinajstić information content (AvgIpc) is 2.74. The molecule has 0 unspecified atom stereocenters. The van der Waals surface area contributed by atoms with E-state index < -0.39 is 17.9 Å². The second-order valence-electron chi connectivity index (χ2n) is 5.53. The van der Waals surface area contributed by atoms with Crippen LogP contribution in [0.3, 0.4) is 0 Å². The first-order chi connectivity index (χ1) is 9.93. The number of nitrogens with zero attached hydrogens (tertiary/aromatic N) is 2. The van der Waals surface area contributed by atoms with Gasteiger partial charge in [0, 0.05) is 18.9 Å². The summed E-state index contributed by atoms with van der Waals surface area (Å²) in [6, 6.07) is 2.93. The predicted octanol–water partition coefficient (Wildman–Crippen LogP) is 3.15. The molecule has 0 aliphatic heterocycles. The van der Waals surface area contributed by atoms with Crippen molar-refractivity contribution in [1.29, 1.82) is 0 Å². The van der Waals surface area contributed by atoms with E-state index in [0.717, 1.165) is 0 Å². The van der Waals surface area contributed by atoms with Gasteiger partial charge in [0.2, 0.25) is 0 Å². The summed E-state index contributed by atoms with van der Waals surface area (Å²) in [5, 5.41) is 3.09. The molecule has 0 atom stereocenters. The van der Waals surface area contributed by atoms with Crippen LogP contribution < -0.4 is 5.32 Å². The van der Waals surface area contributed by atoms with Crippen molar-refractivity contribution in [2.45, 2.75) is 25.6 Å². The summed E-state index contributed by atoms with van der Waals surface area (Å²) >= 11 is 0. The lowest BCUT2D eigenvalue weighted by molar-refractivity contribution is -0.204. The predicted molar refractivity (Wildman–Crippen MR) is 69.1 cm³/mol. The number of halogens is 4. The van der Waals surface area contributed by atoms with Gasteiger partial charge in [0.05, 0.1) is 11.6 Å². The van der Waals surface area contributed by atoms with Crippen LogP contribution in [0, 0.1) is 17.7 Å². The van der Waals surface area contributed by atoms with E-state index in [4.69, 9.17) is 0 Å². The molecule has 0 aromatic carbocycles. The summed E-state index contributed by atoms with van der Waals surface area (Å²) in [7, 11) is 0. The van der Waals surface area contributed by atoms with Gasteiger partial charge < -0.3 is 9.72 Å². The minimum absolute atomic E-state index is 0.0605. The third-order valence-electron chi connectivity index (χ3n) is 3.92. The highest BCUT2D eigenvalue weighted by Crippen LogP contribution is 2.44. The molecule has 3 nitrogen and oxygen atoms in total. The molecule has 1 saturated carbocycles. The van der Waals surface area contributed by atoms with Crippen molar-refractivity contribution in [3.8, 4) is 0 Å². The molecule has 21 heavy (non-hydrogen) atoms. The van der Waals surface area contributed by atoms with Gasteiger partial charge in [-0.2, -0.15) is 13.2 Å². The molecule has 0 saturated heterocycles. The van der Waals surface area contributed by atoms with Crippen LogP contribution in [0.4, 0.5) is 17.6 Å². The average molecular weight is 301 g/mol. The van der Waals surface area contributed by atoms with Crippen molar-refractivity contribution >= 4 is 5.65 Å². The van der Waals surface area contributed by atoms with Crippen LogP contribution in [0.25, 0.3) is 5.65 Å². The molecule has 114 valence electrons. The Kier molecular flexibility index (Phi) is 3.61. The number of nitrogens with one attached hydrogen (secondary N) is 1. The van der Waals surface area contributed by atoms with Gasteiger partial charge in [0.15, 0.2) is 11.5 Å². The van der Waals surface area contributed by atoms with Crippen LogP contribution in [0.5, 0.6) is 0 Å². The summed E-state index contributed by atoms with van der Waals surface area (Å²) in [5.74, 6) is -1.48. The zero-order chi connectivity index (χ0) is 15.0. The molecular formula is C14H15F4N3. The Bertz CT molecular complexity index is 629. The van der Waals surface area contributed by atoms with Crippen LogP contribution >= 0.6 is 0 Å². The van der Waals surface area contributed by atoms with Crippen LogP contribution in [-0.2, 0) is 6.54 Å². The Hall–Kier alpha value is -1.63. The van der Waals surface area contributed by atoms with Gasteiger partial charge in [0.25, 0.3) is 0 Å². The number of hydrogen-bond acceptors (Lipinski definition) is 2. The molecule has 2 aromatic heterocycles. The number of imidazole rings is 1. The molecule has 0 amide bonds. The Morgan fingerprint density at radius 2 is 2.10 bits per heavy atom. The van der Waals surface area contributed by atoms with Gasteiger partial charge in [-0.25, -0.2) is 9.37 Å². The van der Waals surface area contributed by atoms with E-state index in [0.29, 0.717) is 18.8 Å². The fraction of sp³-hybridized carbons (Fsp3) is 0.500. The lowest BCUT2D eigenvalue weighted by Gasteiger charge is -2.36. The number of alkyl halides is 3. The van der Waals surface area contributed by atoms with Crippen molar-refractivity contribution in [3.63, 3.8) is 0 Å². The third kappa shape index (κ3) is 3.02. The topological polar surface area (TPSA) is 29.3 Å². The minimum Gasteiger partial charge on any atom is -0.311 e. The quantitative estimate of drug-likeness (QED) is 0.879. The van der Waals surface area contributed by atoms with E-state index in [1.54, 1.807) is 22.9 Å². The number of fused-ring (bicyclic) bond motifs is 1. The molecule has 1 aliphatic carbocycles. The van der Waals surface area contributed by atoms with Gasteiger partial charge in [-0.3, -0.25) is 0 Å². The first-order valence-electron chi connectivity index (χ1n) is 6.83. The number of aromatic nitrogens is 2. The fourth-order valence-corrected chi connectivity index (χ4v) is 2.69. The maximum atomic E-state index is 13.5. The summed E-state index contributed by atoms with van der Waals surface area (Å²) in [6.07, 6.45) is -0.262. The van der Waals surface area contributed by atoms with E-state index in [9.17, 15) is 17.6 Å². The Morgan fingerprint density at radius 3 is 2.76 bits per heavy atom. The Balaban J connectivity index is 1.49. The van der Waals surface area contributed by atoms with Gasteiger partial charge in [0.1, 0.15) is 0 Å². The fourth-order valence-electron chi connectivity index (χ4n) is 2.69. The van der Waals surface area contributed by atoms with E-state index in [-0.39, 0.29) is 24.4 Å². The second kappa shape index (κ2) is 5.29. The van der Waals surface area contributed by atoms with Crippen LogP contribution in [0.1, 0.15) is 18.5 Å². The zero-order valence-electron chi connectivity index (χ0n) is 11.2. The lowest BCUT2D eigenvalue weighted by atomic mass is 9.74. The zero-order valence-corrected chi connectivity index (χ0v) is 11.2. The summed E-state index contributed by atoms with van der Waals surface area (Å²) < 4.78 is 52.1. The molecule has 2 aromatic rings. The molecule has 0 radical (unpaired) electrons. The molecule has 0 bridgehead atoms. The van der Waals surface area contributed by atoms with Gasteiger partial charge in [-0.15, -0.1) is 0 Å². The molecule has 1 N–H and O–H groups in total. The van der Waals surface area contributed by atoms with Crippen LogP contribution in [-0.4, -0.2) is 22.1 Å². The maximum absolute atomic E-state index is 13.5. The molecule has 1 aliphatic rings. The standard InChI is InChI=1S/C14H15F4N3/c15-12-2-1-3-21-8-11(20-13(12)21)7-19-6-9-4-10(5-9)14(16,17)18/h1-3,8-10,19H,4-7H2. The number of hydrogen-bond donors (Lipinski definition) is 1. The highest BCUT2D eigenvalue weighted by Gasteiger charge is 2.47. The molecule has 3 rings (SSSR count). The van der Waals surface area contributed by atoms with E-state index in [2.05, 4.69) is 10.3 Å². The molecular weight excluding hydrogens is 286 g/mol. The molecule has 1 fully saturated rings. The van der Waals surface area contributed by atoms with Gasteiger partial charge in [-0.05, 0) is 37.4 Å². The number of rotatable bonds is 4. The third-order valence-corrected chi connectivity index (χ3v) is 3.92. The van der Waals surface area contributed by atoms with Gasteiger partial charge >= 0.3 is 6.18 Å². The normalized spacial score (nSPS) is 22.5. The Morgan fingerprint density at radius 1 is 1.33 bits per heavy atom. The van der Waals surface area contributed by atoms with Gasteiger partial charge in [-0.1, -0.05) is 0 Å². The first-order valence-corrected chi connectivity index (χ1v) is 6.83. The van der Waals surface area contributed by atoms with Crippen molar-refractivity contribution < 1.29 is 17.6 Å². The first kappa shape index (κ1) is 14.3. The van der Waals surface area contributed by atoms with Crippen LogP contribution in [0.2, 0.25) is 0 Å². The highest BCUT2D eigenvalue weighted by atomic mass is 19.4. The molecule has 2 heterocycles. The summed E-state index contributed by atoms with van der Waals surface area (Å²) in [5.41, 5.74) is 0.932. The second-order valence-corrected chi connectivity index (χ2v) is 5.53. The monoisotopic (exact) mass is 301 g/mol. The van der Waals surface area contributed by atoms with Crippen molar-refractivity contribution in [1.82, 2.24) is 14.7 Å². The molecule has 0 spiro atoms.